The number of hydrogen-bond acceptors (Lipinski definition) is 3. The van der Waals surface area contributed by atoms with Crippen LogP contribution in [0.5, 0.6) is 0 Å². The zero-order valence-electron chi connectivity index (χ0n) is 16.5. The van der Waals surface area contributed by atoms with Crippen LogP contribution < -0.4 is 5.32 Å². The van der Waals surface area contributed by atoms with Gasteiger partial charge in [-0.25, -0.2) is 0 Å². The number of halogens is 1. The van der Waals surface area contributed by atoms with E-state index in [0.29, 0.717) is 0 Å². The number of likely N-dealkylation sites (tertiary alicyclic amines) is 2. The fourth-order valence-corrected chi connectivity index (χ4v) is 5.23. The molecule has 26 heavy (non-hydrogen) atoms. The van der Waals surface area contributed by atoms with Gasteiger partial charge in [-0.1, -0.05) is 19.9 Å². The lowest BCUT2D eigenvalue weighted by molar-refractivity contribution is 0.167. The van der Waals surface area contributed by atoms with E-state index in [2.05, 4.69) is 51.5 Å². The van der Waals surface area contributed by atoms with E-state index in [-0.39, 0.29) is 24.0 Å². The molecule has 0 radical (unpaired) electrons. The Bertz CT molecular complexity index is 538. The van der Waals surface area contributed by atoms with Gasteiger partial charge in [-0.2, -0.15) is 0 Å². The Balaban J connectivity index is 0.00000243. The molecule has 148 valence electrons. The molecule has 3 unspecified atom stereocenters. The topological polar surface area (TPSA) is 30.9 Å². The Kier molecular flexibility index (Phi) is 9.17. The summed E-state index contributed by atoms with van der Waals surface area (Å²) < 4.78 is 0. The maximum atomic E-state index is 4.56. The van der Waals surface area contributed by atoms with Crippen molar-refractivity contribution < 1.29 is 0 Å². The third-order valence-corrected chi connectivity index (χ3v) is 6.35. The first kappa shape index (κ1) is 22.0. The third-order valence-electron chi connectivity index (χ3n) is 5.49. The highest BCUT2D eigenvalue weighted by atomic mass is 127. The highest BCUT2D eigenvalue weighted by Gasteiger charge is 2.25. The maximum Gasteiger partial charge on any atom is 0.193 e. The highest BCUT2D eigenvalue weighted by molar-refractivity contribution is 14.0. The maximum absolute atomic E-state index is 4.56. The van der Waals surface area contributed by atoms with Crippen molar-refractivity contribution in [2.75, 3.05) is 39.8 Å². The lowest BCUT2D eigenvalue weighted by Gasteiger charge is -2.38. The molecule has 0 bridgehead atoms. The monoisotopic (exact) mass is 490 g/mol. The van der Waals surface area contributed by atoms with E-state index >= 15 is 0 Å². The Morgan fingerprint density at radius 1 is 1.27 bits per heavy atom. The number of guanidine groups is 1. The van der Waals surface area contributed by atoms with Crippen molar-refractivity contribution in [1.29, 1.82) is 0 Å². The van der Waals surface area contributed by atoms with Gasteiger partial charge in [-0.15, -0.1) is 35.3 Å². The van der Waals surface area contributed by atoms with Crippen molar-refractivity contribution in [3.05, 3.63) is 22.4 Å². The first-order valence-corrected chi connectivity index (χ1v) is 10.7. The van der Waals surface area contributed by atoms with Crippen molar-refractivity contribution in [2.24, 2.45) is 22.7 Å². The summed E-state index contributed by atoms with van der Waals surface area (Å²) in [7, 11) is 1.93. The molecule has 0 spiro atoms. The van der Waals surface area contributed by atoms with Gasteiger partial charge in [0.15, 0.2) is 5.96 Å². The number of rotatable bonds is 4. The summed E-state index contributed by atoms with van der Waals surface area (Å²) in [5, 5.41) is 5.86. The van der Waals surface area contributed by atoms with Gasteiger partial charge in [0, 0.05) is 44.6 Å². The molecule has 2 aliphatic heterocycles. The van der Waals surface area contributed by atoms with Crippen molar-refractivity contribution in [2.45, 2.75) is 39.7 Å². The van der Waals surface area contributed by atoms with E-state index in [1.165, 1.54) is 37.2 Å². The van der Waals surface area contributed by atoms with E-state index < -0.39 is 0 Å². The van der Waals surface area contributed by atoms with Gasteiger partial charge in [0.2, 0.25) is 0 Å². The van der Waals surface area contributed by atoms with Crippen LogP contribution in [0.15, 0.2) is 22.5 Å². The molecule has 0 saturated carbocycles. The predicted molar refractivity (Wildman–Crippen MR) is 124 cm³/mol. The lowest BCUT2D eigenvalue weighted by Crippen LogP contribution is -2.50. The van der Waals surface area contributed by atoms with Gasteiger partial charge < -0.3 is 10.2 Å². The van der Waals surface area contributed by atoms with Crippen LogP contribution in [-0.2, 0) is 6.54 Å². The van der Waals surface area contributed by atoms with Crippen molar-refractivity contribution in [3.8, 4) is 0 Å². The normalized spacial score (nSPS) is 27.9. The molecule has 2 aliphatic rings. The molecule has 3 rings (SSSR count). The molecule has 1 aromatic rings. The van der Waals surface area contributed by atoms with Gasteiger partial charge in [-0.3, -0.25) is 9.89 Å². The number of nitrogens with zero attached hydrogens (tertiary/aromatic N) is 3. The molecule has 0 aliphatic carbocycles. The standard InChI is InChI=1S/C20H34N4S.HI/c1-16-10-17(2)13-24(12-16)20(21-3)22-11-18-6-4-8-23(14-18)15-19-7-5-9-25-19;/h5,7,9,16-18H,4,6,8,10-15H2,1-3H3,(H,21,22);1H. The molecule has 2 fully saturated rings. The zero-order valence-corrected chi connectivity index (χ0v) is 19.6. The van der Waals surface area contributed by atoms with E-state index in [1.807, 2.05) is 18.4 Å². The van der Waals surface area contributed by atoms with Crippen LogP contribution in [0.2, 0.25) is 0 Å². The summed E-state index contributed by atoms with van der Waals surface area (Å²) in [6, 6.07) is 4.42. The second kappa shape index (κ2) is 10.9. The predicted octanol–water partition coefficient (Wildman–Crippen LogP) is 4.13. The van der Waals surface area contributed by atoms with Crippen LogP contribution in [0.25, 0.3) is 0 Å². The summed E-state index contributed by atoms with van der Waals surface area (Å²) in [4.78, 5) is 11.1. The fourth-order valence-electron chi connectivity index (χ4n) is 4.49. The molecule has 6 heteroatoms. The first-order valence-electron chi connectivity index (χ1n) is 9.84. The molecule has 0 amide bonds. The molecule has 1 N–H and O–H groups in total. The highest BCUT2D eigenvalue weighted by Crippen LogP contribution is 2.22. The Labute approximate surface area is 180 Å². The Hall–Kier alpha value is -0.340. The van der Waals surface area contributed by atoms with Crippen LogP contribution in [0.1, 0.15) is 38.0 Å². The second-order valence-electron chi connectivity index (χ2n) is 8.10. The van der Waals surface area contributed by atoms with E-state index in [0.717, 1.165) is 49.9 Å². The SMILES string of the molecule is CN=C(NCC1CCCN(Cc2cccs2)C1)N1CC(C)CC(C)C1.I. The van der Waals surface area contributed by atoms with Crippen molar-refractivity contribution >= 4 is 41.3 Å². The Morgan fingerprint density at radius 2 is 2.04 bits per heavy atom. The number of aliphatic imine (C=N–C) groups is 1. The van der Waals surface area contributed by atoms with Gasteiger partial charge in [0.25, 0.3) is 0 Å². The minimum Gasteiger partial charge on any atom is -0.356 e. The Morgan fingerprint density at radius 3 is 2.69 bits per heavy atom. The summed E-state index contributed by atoms with van der Waals surface area (Å²) >= 11 is 1.88. The van der Waals surface area contributed by atoms with Crippen LogP contribution in [0, 0.1) is 17.8 Å². The van der Waals surface area contributed by atoms with Crippen LogP contribution in [-0.4, -0.2) is 55.5 Å². The molecule has 0 aromatic carbocycles. The summed E-state index contributed by atoms with van der Waals surface area (Å²) in [5.74, 6) is 3.36. The largest absolute Gasteiger partial charge is 0.356 e. The first-order chi connectivity index (χ1) is 12.1. The van der Waals surface area contributed by atoms with Gasteiger partial charge in [0.05, 0.1) is 0 Å². The number of nitrogens with one attached hydrogen (secondary N) is 1. The summed E-state index contributed by atoms with van der Waals surface area (Å²) in [6.45, 7) is 11.6. The van der Waals surface area contributed by atoms with E-state index in [1.54, 1.807) is 0 Å². The molecule has 1 aromatic heterocycles. The molecule has 4 nitrogen and oxygen atoms in total. The van der Waals surface area contributed by atoms with Gasteiger partial charge in [-0.05, 0) is 55.0 Å². The molecular weight excluding hydrogens is 455 g/mol. The van der Waals surface area contributed by atoms with Crippen molar-refractivity contribution in [3.63, 3.8) is 0 Å². The molecule has 3 heterocycles. The summed E-state index contributed by atoms with van der Waals surface area (Å²) in [5.41, 5.74) is 0. The van der Waals surface area contributed by atoms with Gasteiger partial charge in [0.1, 0.15) is 0 Å². The minimum atomic E-state index is 0. The molecule has 3 atom stereocenters. The average Bonchev–Trinajstić information content (AvgIpc) is 3.08. The number of piperidine rings is 2. The third kappa shape index (κ3) is 6.37. The number of thiophene rings is 1. The average molecular weight is 490 g/mol. The summed E-state index contributed by atoms with van der Waals surface area (Å²) in [6.07, 6.45) is 3.99. The van der Waals surface area contributed by atoms with Gasteiger partial charge >= 0.3 is 0 Å². The zero-order chi connectivity index (χ0) is 17.6. The van der Waals surface area contributed by atoms with Crippen LogP contribution in [0.4, 0.5) is 0 Å². The lowest BCUT2D eigenvalue weighted by atomic mass is 9.92. The number of hydrogen-bond donors (Lipinski definition) is 1. The van der Waals surface area contributed by atoms with Crippen molar-refractivity contribution in [1.82, 2.24) is 15.1 Å². The quantitative estimate of drug-likeness (QED) is 0.391. The molecular formula is C20H35IN4S. The van der Waals surface area contributed by atoms with E-state index in [9.17, 15) is 0 Å². The second-order valence-corrected chi connectivity index (χ2v) is 9.13. The molecule has 2 saturated heterocycles. The van der Waals surface area contributed by atoms with Crippen LogP contribution >= 0.6 is 35.3 Å². The minimum absolute atomic E-state index is 0. The van der Waals surface area contributed by atoms with Crippen LogP contribution in [0.3, 0.4) is 0 Å². The van der Waals surface area contributed by atoms with E-state index in [4.69, 9.17) is 0 Å². The smallest absolute Gasteiger partial charge is 0.193 e. The fraction of sp³-hybridized carbons (Fsp3) is 0.750.